The second-order valence-corrected chi connectivity index (χ2v) is 6.73. The summed E-state index contributed by atoms with van der Waals surface area (Å²) in [7, 11) is 0. The molecule has 0 bridgehead atoms. The molecule has 1 aromatic heterocycles. The van der Waals surface area contributed by atoms with E-state index >= 15 is 0 Å². The number of fused-ring (bicyclic) bond motifs is 2. The number of hydrogen-bond acceptors (Lipinski definition) is 2. The normalized spacial score (nSPS) is 15.8. The number of nitrogens with zero attached hydrogens (tertiary/aromatic N) is 1. The largest absolute Gasteiger partial charge is 0.396 e. The lowest BCUT2D eigenvalue weighted by Gasteiger charge is -2.30. The highest BCUT2D eigenvalue weighted by Gasteiger charge is 2.30. The van der Waals surface area contributed by atoms with Crippen molar-refractivity contribution in [2.75, 3.05) is 18.5 Å². The van der Waals surface area contributed by atoms with Crippen LogP contribution >= 0.6 is 0 Å². The summed E-state index contributed by atoms with van der Waals surface area (Å²) in [6.45, 7) is 0.612. The monoisotopic (exact) mass is 349 g/mol. The van der Waals surface area contributed by atoms with Crippen molar-refractivity contribution in [1.82, 2.24) is 9.88 Å². The molecule has 0 radical (unpaired) electrons. The van der Waals surface area contributed by atoms with Crippen LogP contribution in [0.15, 0.2) is 54.7 Å². The molecule has 0 fully saturated rings. The van der Waals surface area contributed by atoms with E-state index in [-0.39, 0.29) is 18.7 Å². The number of carbonyl (C=O) groups is 1. The van der Waals surface area contributed by atoms with Crippen LogP contribution in [0, 0.1) is 0 Å². The standard InChI is InChI=1S/C21H23N3O2/c25-13-3-12-24(20-9-6-15-4-1-2-5-18(15)20)21(26)23-17-7-8-19-16(14-17)10-11-22-19/h1-2,4-5,7-8,10-11,14,20,22,25H,3,6,9,12-13H2,(H,23,26). The highest BCUT2D eigenvalue weighted by molar-refractivity contribution is 5.93. The Balaban J connectivity index is 1.56. The van der Waals surface area contributed by atoms with Gasteiger partial charge in [-0.15, -0.1) is 0 Å². The SMILES string of the molecule is O=C(Nc1ccc2[nH]ccc2c1)N(CCCO)C1CCc2ccccc21. The average molecular weight is 349 g/mol. The zero-order valence-electron chi connectivity index (χ0n) is 14.6. The van der Waals surface area contributed by atoms with Gasteiger partial charge in [0.1, 0.15) is 0 Å². The average Bonchev–Trinajstić information content (AvgIpc) is 3.29. The van der Waals surface area contributed by atoms with Gasteiger partial charge in [-0.2, -0.15) is 0 Å². The van der Waals surface area contributed by atoms with Crippen LogP contribution in [0.25, 0.3) is 10.9 Å². The number of aromatic amines is 1. The van der Waals surface area contributed by atoms with E-state index in [2.05, 4.69) is 22.4 Å². The molecule has 1 heterocycles. The molecule has 3 aromatic rings. The number of anilines is 1. The molecule has 2 aromatic carbocycles. The van der Waals surface area contributed by atoms with E-state index in [9.17, 15) is 9.90 Å². The highest BCUT2D eigenvalue weighted by Crippen LogP contribution is 2.36. The summed E-state index contributed by atoms with van der Waals surface area (Å²) in [6.07, 6.45) is 4.37. The van der Waals surface area contributed by atoms with Gasteiger partial charge >= 0.3 is 6.03 Å². The number of aliphatic hydroxyl groups is 1. The van der Waals surface area contributed by atoms with E-state index in [0.717, 1.165) is 29.4 Å². The molecule has 0 saturated heterocycles. The van der Waals surface area contributed by atoms with E-state index in [1.165, 1.54) is 11.1 Å². The highest BCUT2D eigenvalue weighted by atomic mass is 16.3. The summed E-state index contributed by atoms with van der Waals surface area (Å²) in [4.78, 5) is 18.0. The third-order valence-corrected chi connectivity index (χ3v) is 5.10. The maximum absolute atomic E-state index is 13.0. The summed E-state index contributed by atoms with van der Waals surface area (Å²) in [5, 5.41) is 13.4. The Kier molecular flexibility index (Phi) is 4.63. The van der Waals surface area contributed by atoms with Crippen LogP contribution in [0.5, 0.6) is 0 Å². The molecule has 1 aliphatic carbocycles. The minimum absolute atomic E-state index is 0.0636. The lowest BCUT2D eigenvalue weighted by atomic mass is 10.1. The van der Waals surface area contributed by atoms with Gasteiger partial charge in [0, 0.05) is 35.9 Å². The van der Waals surface area contributed by atoms with E-state index in [0.29, 0.717) is 13.0 Å². The van der Waals surface area contributed by atoms with Crippen LogP contribution in [0.2, 0.25) is 0 Å². The first-order valence-corrected chi connectivity index (χ1v) is 9.09. The van der Waals surface area contributed by atoms with E-state index in [1.54, 1.807) is 0 Å². The number of amides is 2. The molecule has 1 unspecified atom stereocenters. The van der Waals surface area contributed by atoms with Crippen LogP contribution in [0.4, 0.5) is 10.5 Å². The fourth-order valence-electron chi connectivity index (χ4n) is 3.82. The lowest BCUT2D eigenvalue weighted by molar-refractivity contribution is 0.177. The molecule has 1 atom stereocenters. The quantitative estimate of drug-likeness (QED) is 0.650. The van der Waals surface area contributed by atoms with Crippen LogP contribution in [0.3, 0.4) is 0 Å². The lowest BCUT2D eigenvalue weighted by Crippen LogP contribution is -2.38. The van der Waals surface area contributed by atoms with Crippen LogP contribution in [0.1, 0.15) is 30.0 Å². The van der Waals surface area contributed by atoms with Crippen LogP contribution in [-0.2, 0) is 6.42 Å². The van der Waals surface area contributed by atoms with Crippen molar-refractivity contribution in [3.05, 3.63) is 65.9 Å². The molecule has 1 aliphatic rings. The fraction of sp³-hybridized carbons (Fsp3) is 0.286. The summed E-state index contributed by atoms with van der Waals surface area (Å²) < 4.78 is 0. The van der Waals surface area contributed by atoms with Crippen molar-refractivity contribution in [1.29, 1.82) is 0 Å². The molecule has 134 valence electrons. The summed E-state index contributed by atoms with van der Waals surface area (Å²) >= 11 is 0. The maximum Gasteiger partial charge on any atom is 0.322 e. The second-order valence-electron chi connectivity index (χ2n) is 6.73. The van der Waals surface area contributed by atoms with Gasteiger partial charge in [0.15, 0.2) is 0 Å². The Bertz CT molecular complexity index is 918. The predicted molar refractivity (Wildman–Crippen MR) is 103 cm³/mol. The van der Waals surface area contributed by atoms with Gasteiger partial charge in [-0.1, -0.05) is 24.3 Å². The minimum atomic E-state index is -0.116. The number of H-pyrrole nitrogens is 1. The first-order chi connectivity index (χ1) is 12.8. The second kappa shape index (κ2) is 7.22. The molecule has 26 heavy (non-hydrogen) atoms. The number of aliphatic hydroxyl groups excluding tert-OH is 1. The molecule has 0 saturated carbocycles. The number of rotatable bonds is 5. The number of carbonyl (C=O) groups excluding carboxylic acids is 1. The van der Waals surface area contributed by atoms with Gasteiger partial charge in [-0.25, -0.2) is 4.79 Å². The summed E-state index contributed by atoms with van der Waals surface area (Å²) in [5.74, 6) is 0. The number of hydrogen-bond donors (Lipinski definition) is 3. The van der Waals surface area contributed by atoms with Gasteiger partial charge in [-0.05, 0) is 54.7 Å². The van der Waals surface area contributed by atoms with E-state index in [1.807, 2.05) is 47.5 Å². The molecule has 5 heteroatoms. The van der Waals surface area contributed by atoms with Gasteiger partial charge < -0.3 is 20.3 Å². The minimum Gasteiger partial charge on any atom is -0.396 e. The van der Waals surface area contributed by atoms with Crippen LogP contribution in [-0.4, -0.2) is 34.2 Å². The number of benzene rings is 2. The van der Waals surface area contributed by atoms with Gasteiger partial charge in [-0.3, -0.25) is 0 Å². The number of nitrogens with one attached hydrogen (secondary N) is 2. The smallest absolute Gasteiger partial charge is 0.322 e. The molecule has 0 spiro atoms. The Hall–Kier alpha value is -2.79. The maximum atomic E-state index is 13.0. The fourth-order valence-corrected chi connectivity index (χ4v) is 3.82. The van der Waals surface area contributed by atoms with Gasteiger partial charge in [0.2, 0.25) is 0 Å². The molecule has 2 amide bonds. The molecule has 0 aliphatic heterocycles. The van der Waals surface area contributed by atoms with Gasteiger partial charge in [0.05, 0.1) is 6.04 Å². The van der Waals surface area contributed by atoms with Crippen LogP contribution < -0.4 is 5.32 Å². The Morgan fingerprint density at radius 3 is 3.00 bits per heavy atom. The van der Waals surface area contributed by atoms with Crippen molar-refractivity contribution in [3.63, 3.8) is 0 Å². The molecule has 5 nitrogen and oxygen atoms in total. The van der Waals surface area contributed by atoms with Crippen molar-refractivity contribution < 1.29 is 9.90 Å². The van der Waals surface area contributed by atoms with Crippen molar-refractivity contribution >= 4 is 22.6 Å². The van der Waals surface area contributed by atoms with Crippen molar-refractivity contribution in [2.45, 2.75) is 25.3 Å². The Morgan fingerprint density at radius 2 is 2.12 bits per heavy atom. The van der Waals surface area contributed by atoms with Crippen molar-refractivity contribution in [3.8, 4) is 0 Å². The zero-order chi connectivity index (χ0) is 17.9. The zero-order valence-corrected chi connectivity index (χ0v) is 14.6. The number of aryl methyl sites for hydroxylation is 1. The molecular formula is C21H23N3O2. The number of urea groups is 1. The first-order valence-electron chi connectivity index (χ1n) is 9.09. The van der Waals surface area contributed by atoms with E-state index in [4.69, 9.17) is 0 Å². The predicted octanol–water partition coefficient (Wildman–Crippen LogP) is 4.07. The Morgan fingerprint density at radius 1 is 1.23 bits per heavy atom. The molecule has 4 rings (SSSR count). The van der Waals surface area contributed by atoms with E-state index < -0.39 is 0 Å². The number of aromatic nitrogens is 1. The third-order valence-electron chi connectivity index (χ3n) is 5.10. The third kappa shape index (κ3) is 3.18. The summed E-state index contributed by atoms with van der Waals surface area (Å²) in [5.41, 5.74) is 4.36. The summed E-state index contributed by atoms with van der Waals surface area (Å²) in [6, 6.07) is 16.1. The van der Waals surface area contributed by atoms with Gasteiger partial charge in [0.25, 0.3) is 0 Å². The molecule has 3 N–H and O–H groups in total. The Labute approximate surface area is 152 Å². The molecular weight excluding hydrogens is 326 g/mol. The van der Waals surface area contributed by atoms with Crippen molar-refractivity contribution in [2.24, 2.45) is 0 Å². The first kappa shape index (κ1) is 16.7. The topological polar surface area (TPSA) is 68.4 Å².